The molecule has 0 fully saturated rings. The lowest BCUT2D eigenvalue weighted by molar-refractivity contribution is 0.354. The van der Waals surface area contributed by atoms with E-state index in [2.05, 4.69) is 0 Å². The third-order valence-electron chi connectivity index (χ3n) is 3.67. The van der Waals surface area contributed by atoms with Gasteiger partial charge in [0.05, 0.1) is 20.3 Å². The normalized spacial score (nSPS) is 12.1. The molecule has 0 aromatic heterocycles. The van der Waals surface area contributed by atoms with Crippen LogP contribution < -0.4 is 15.2 Å². The lowest BCUT2D eigenvalue weighted by Crippen LogP contribution is -2.15. The summed E-state index contributed by atoms with van der Waals surface area (Å²) in [5.41, 5.74) is 10.6. The fraction of sp³-hybridized carbons (Fsp3) is 0.294. The Morgan fingerprint density at radius 2 is 1.48 bits per heavy atom. The van der Waals surface area contributed by atoms with E-state index in [-0.39, 0.29) is 6.04 Å². The van der Waals surface area contributed by atoms with E-state index < -0.39 is 0 Å². The molecule has 0 heterocycles. The minimum Gasteiger partial charge on any atom is -0.493 e. The van der Waals surface area contributed by atoms with Crippen molar-refractivity contribution in [2.75, 3.05) is 14.2 Å². The van der Waals surface area contributed by atoms with Crippen LogP contribution in [-0.2, 0) is 0 Å². The predicted molar refractivity (Wildman–Crippen MR) is 86.5 cm³/mol. The summed E-state index contributed by atoms with van der Waals surface area (Å²) in [5.74, 6) is 1.39. The highest BCUT2D eigenvalue weighted by molar-refractivity contribution is 6.30. The molecule has 2 N–H and O–H groups in total. The van der Waals surface area contributed by atoms with Gasteiger partial charge >= 0.3 is 0 Å². The molecule has 0 saturated carbocycles. The first kappa shape index (κ1) is 15.7. The quantitative estimate of drug-likeness (QED) is 0.928. The van der Waals surface area contributed by atoms with E-state index >= 15 is 0 Å². The fourth-order valence-corrected chi connectivity index (χ4v) is 2.71. The van der Waals surface area contributed by atoms with Gasteiger partial charge in [-0.25, -0.2) is 0 Å². The molecule has 0 radical (unpaired) electrons. The average Bonchev–Trinajstić information content (AvgIpc) is 2.46. The van der Waals surface area contributed by atoms with E-state index in [4.69, 9.17) is 26.8 Å². The summed E-state index contributed by atoms with van der Waals surface area (Å²) >= 11 is 6.01. The van der Waals surface area contributed by atoms with Crippen molar-refractivity contribution in [1.29, 1.82) is 0 Å². The number of halogens is 1. The lowest BCUT2D eigenvalue weighted by Gasteiger charge is -2.20. The zero-order valence-corrected chi connectivity index (χ0v) is 13.5. The molecule has 0 bridgehead atoms. The van der Waals surface area contributed by atoms with Gasteiger partial charge in [0.15, 0.2) is 11.5 Å². The highest BCUT2D eigenvalue weighted by atomic mass is 35.5. The lowest BCUT2D eigenvalue weighted by atomic mass is 9.92. The van der Waals surface area contributed by atoms with Crippen molar-refractivity contribution in [2.45, 2.75) is 19.9 Å². The molecule has 3 nitrogen and oxygen atoms in total. The Kier molecular flexibility index (Phi) is 4.76. The van der Waals surface area contributed by atoms with Crippen molar-refractivity contribution >= 4 is 11.6 Å². The summed E-state index contributed by atoms with van der Waals surface area (Å²) in [6.07, 6.45) is 0. The number of hydrogen-bond donors (Lipinski definition) is 1. The van der Waals surface area contributed by atoms with E-state index in [1.807, 2.05) is 44.2 Å². The molecular weight excluding hydrogens is 286 g/mol. The van der Waals surface area contributed by atoms with Crippen LogP contribution in [0, 0.1) is 13.8 Å². The molecule has 4 heteroatoms. The van der Waals surface area contributed by atoms with Gasteiger partial charge in [-0.15, -0.1) is 0 Å². The predicted octanol–water partition coefficient (Wildman–Crippen LogP) is 4.02. The van der Waals surface area contributed by atoms with Gasteiger partial charge in [0, 0.05) is 5.02 Å². The summed E-state index contributed by atoms with van der Waals surface area (Å²) in [4.78, 5) is 0. The number of benzene rings is 2. The van der Waals surface area contributed by atoms with Crippen LogP contribution in [0.5, 0.6) is 11.5 Å². The minimum atomic E-state index is -0.234. The monoisotopic (exact) mass is 305 g/mol. The maximum atomic E-state index is 6.44. The number of ether oxygens (including phenoxy) is 2. The first-order valence-electron chi connectivity index (χ1n) is 6.72. The fourth-order valence-electron chi connectivity index (χ4n) is 2.49. The molecule has 0 amide bonds. The van der Waals surface area contributed by atoms with Crippen molar-refractivity contribution in [2.24, 2.45) is 5.73 Å². The molecule has 2 aromatic carbocycles. The van der Waals surface area contributed by atoms with Crippen LogP contribution in [0.25, 0.3) is 0 Å². The first-order chi connectivity index (χ1) is 9.97. The van der Waals surface area contributed by atoms with Gasteiger partial charge in [-0.05, 0) is 60.4 Å². The smallest absolute Gasteiger partial charge is 0.161 e. The SMILES string of the molecule is COc1cc(C)c(C(N)c2ccc(Cl)cc2C)cc1OC. The van der Waals surface area contributed by atoms with Crippen LogP contribution in [0.2, 0.25) is 5.02 Å². The van der Waals surface area contributed by atoms with Gasteiger partial charge < -0.3 is 15.2 Å². The van der Waals surface area contributed by atoms with Crippen LogP contribution in [-0.4, -0.2) is 14.2 Å². The van der Waals surface area contributed by atoms with Gasteiger partial charge in [-0.2, -0.15) is 0 Å². The number of rotatable bonds is 4. The van der Waals surface area contributed by atoms with Gasteiger partial charge in [0.2, 0.25) is 0 Å². The van der Waals surface area contributed by atoms with E-state index in [0.717, 1.165) is 22.3 Å². The Bertz CT molecular complexity index is 655. The molecular formula is C17H20ClNO2. The molecule has 1 unspecified atom stereocenters. The van der Waals surface area contributed by atoms with Crippen LogP contribution in [0.3, 0.4) is 0 Å². The summed E-state index contributed by atoms with van der Waals surface area (Å²) in [7, 11) is 3.25. The molecule has 0 spiro atoms. The van der Waals surface area contributed by atoms with Crippen molar-refractivity contribution in [1.82, 2.24) is 0 Å². The zero-order valence-electron chi connectivity index (χ0n) is 12.7. The van der Waals surface area contributed by atoms with Gasteiger partial charge in [0.1, 0.15) is 0 Å². The summed E-state index contributed by atoms with van der Waals surface area (Å²) in [6, 6.07) is 9.40. The molecule has 0 aliphatic heterocycles. The molecule has 112 valence electrons. The molecule has 2 rings (SSSR count). The summed E-state index contributed by atoms with van der Waals surface area (Å²) in [5, 5.41) is 0.715. The van der Waals surface area contributed by atoms with Crippen molar-refractivity contribution in [3.05, 3.63) is 57.6 Å². The number of hydrogen-bond acceptors (Lipinski definition) is 3. The second-order valence-corrected chi connectivity index (χ2v) is 5.48. The highest BCUT2D eigenvalue weighted by Crippen LogP contribution is 2.35. The number of aryl methyl sites for hydroxylation is 2. The van der Waals surface area contributed by atoms with Crippen LogP contribution >= 0.6 is 11.6 Å². The Morgan fingerprint density at radius 3 is 2.05 bits per heavy atom. The van der Waals surface area contributed by atoms with Gasteiger partial charge in [-0.3, -0.25) is 0 Å². The second kappa shape index (κ2) is 6.37. The number of nitrogens with two attached hydrogens (primary N) is 1. The van der Waals surface area contributed by atoms with Gasteiger partial charge in [0.25, 0.3) is 0 Å². The van der Waals surface area contributed by atoms with Gasteiger partial charge in [-0.1, -0.05) is 17.7 Å². The molecule has 0 aliphatic carbocycles. The summed E-state index contributed by atoms with van der Waals surface area (Å²) < 4.78 is 10.7. The molecule has 0 saturated heterocycles. The molecule has 21 heavy (non-hydrogen) atoms. The topological polar surface area (TPSA) is 44.5 Å². The third-order valence-corrected chi connectivity index (χ3v) is 3.91. The Balaban J connectivity index is 2.50. The van der Waals surface area contributed by atoms with E-state index in [1.165, 1.54) is 0 Å². The highest BCUT2D eigenvalue weighted by Gasteiger charge is 2.17. The third kappa shape index (κ3) is 3.14. The maximum absolute atomic E-state index is 6.44. The van der Waals surface area contributed by atoms with Crippen molar-refractivity contribution in [3.63, 3.8) is 0 Å². The van der Waals surface area contributed by atoms with Crippen molar-refractivity contribution in [3.8, 4) is 11.5 Å². The Hall–Kier alpha value is -1.71. The molecule has 0 aliphatic rings. The van der Waals surface area contributed by atoms with Crippen LogP contribution in [0.4, 0.5) is 0 Å². The van der Waals surface area contributed by atoms with Crippen LogP contribution in [0.1, 0.15) is 28.3 Å². The van der Waals surface area contributed by atoms with Crippen molar-refractivity contribution < 1.29 is 9.47 Å². The molecule has 1 atom stereocenters. The molecule has 2 aromatic rings. The maximum Gasteiger partial charge on any atom is 0.161 e. The Morgan fingerprint density at radius 1 is 0.905 bits per heavy atom. The Labute approximate surface area is 130 Å². The minimum absolute atomic E-state index is 0.234. The van der Waals surface area contributed by atoms with Crippen LogP contribution in [0.15, 0.2) is 30.3 Å². The average molecular weight is 306 g/mol. The second-order valence-electron chi connectivity index (χ2n) is 5.04. The summed E-state index contributed by atoms with van der Waals surface area (Å²) in [6.45, 7) is 4.03. The largest absolute Gasteiger partial charge is 0.493 e. The first-order valence-corrected chi connectivity index (χ1v) is 7.10. The van der Waals surface area contributed by atoms with E-state index in [0.29, 0.717) is 16.5 Å². The zero-order chi connectivity index (χ0) is 15.6. The number of methoxy groups -OCH3 is 2. The van der Waals surface area contributed by atoms with E-state index in [1.54, 1.807) is 14.2 Å². The standard InChI is InChI=1S/C17H20ClNO2/c1-10-7-12(18)5-6-13(10)17(19)14-9-16(21-4)15(20-3)8-11(14)2/h5-9,17H,19H2,1-4H3. The van der Waals surface area contributed by atoms with E-state index in [9.17, 15) is 0 Å².